The van der Waals surface area contributed by atoms with Crippen molar-refractivity contribution in [1.82, 2.24) is 10.3 Å². The lowest BCUT2D eigenvalue weighted by Crippen LogP contribution is -2.42. The molecule has 31 heavy (non-hydrogen) atoms. The molecule has 0 aliphatic heterocycles. The number of ether oxygens (including phenoxy) is 2. The Kier molecular flexibility index (Phi) is 6.55. The molecular weight excluding hydrogens is 399 g/mol. The van der Waals surface area contributed by atoms with E-state index >= 15 is 0 Å². The summed E-state index contributed by atoms with van der Waals surface area (Å²) in [5.41, 5.74) is 2.78. The number of halogens is 1. The van der Waals surface area contributed by atoms with Crippen LogP contribution in [0.1, 0.15) is 36.7 Å². The molecule has 3 aromatic rings. The van der Waals surface area contributed by atoms with Gasteiger partial charge < -0.3 is 24.9 Å². The molecule has 0 bridgehead atoms. The van der Waals surface area contributed by atoms with Gasteiger partial charge in [-0.2, -0.15) is 0 Å². The molecule has 0 aliphatic rings. The zero-order valence-corrected chi connectivity index (χ0v) is 18.5. The van der Waals surface area contributed by atoms with Gasteiger partial charge in [0.1, 0.15) is 6.17 Å². The molecule has 1 amide bonds. The van der Waals surface area contributed by atoms with Gasteiger partial charge in [-0.25, -0.2) is 4.39 Å². The third-order valence-corrected chi connectivity index (χ3v) is 5.40. The molecule has 1 heterocycles. The van der Waals surface area contributed by atoms with Gasteiger partial charge in [-0.3, -0.25) is 4.79 Å². The number of aryl methyl sites for hydroxylation is 1. The second kappa shape index (κ2) is 8.98. The summed E-state index contributed by atoms with van der Waals surface area (Å²) in [7, 11) is 3.19. The molecule has 7 heteroatoms. The minimum Gasteiger partial charge on any atom is -0.493 e. The molecular formula is C24H29FN2O4. The van der Waals surface area contributed by atoms with E-state index in [4.69, 9.17) is 9.47 Å². The van der Waals surface area contributed by atoms with Crippen LogP contribution in [-0.2, 0) is 6.42 Å². The van der Waals surface area contributed by atoms with E-state index in [1.54, 1.807) is 20.3 Å². The van der Waals surface area contributed by atoms with Gasteiger partial charge in [-0.1, -0.05) is 6.92 Å². The average molecular weight is 429 g/mol. The fourth-order valence-corrected chi connectivity index (χ4v) is 3.53. The molecule has 3 N–H and O–H groups in total. The van der Waals surface area contributed by atoms with Crippen molar-refractivity contribution in [2.24, 2.45) is 0 Å². The Morgan fingerprint density at radius 3 is 2.48 bits per heavy atom. The van der Waals surface area contributed by atoms with Crippen molar-refractivity contribution in [2.45, 2.75) is 39.0 Å². The third kappa shape index (κ3) is 4.66. The second-order valence-electron chi connectivity index (χ2n) is 7.99. The maximum absolute atomic E-state index is 14.0. The number of benzene rings is 2. The normalized spacial score (nSPS) is 12.6. The Labute approximate surface area is 181 Å². The number of fused-ring (bicyclic) bond motifs is 1. The molecule has 1 atom stereocenters. The number of alkyl halides is 1. The number of hydrogen-bond donors (Lipinski definition) is 3. The number of hydrogen-bond acceptors (Lipinski definition) is 4. The van der Waals surface area contributed by atoms with Gasteiger partial charge in [0.25, 0.3) is 5.91 Å². The highest BCUT2D eigenvalue weighted by molar-refractivity contribution is 6.00. The van der Waals surface area contributed by atoms with Crippen LogP contribution in [0.4, 0.5) is 4.39 Å². The minimum absolute atomic E-state index is 0.259. The summed E-state index contributed by atoms with van der Waals surface area (Å²) in [4.78, 5) is 16.0. The summed E-state index contributed by atoms with van der Waals surface area (Å²) in [6, 6.07) is 11.1. The number of carbonyl (C=O) groups excluding carboxylic acids is 1. The van der Waals surface area contributed by atoms with E-state index in [9.17, 15) is 14.3 Å². The van der Waals surface area contributed by atoms with E-state index in [1.165, 1.54) is 13.8 Å². The first-order chi connectivity index (χ1) is 14.7. The monoisotopic (exact) mass is 428 g/mol. The number of aromatic amines is 1. The molecule has 1 aromatic heterocycles. The number of nitrogens with one attached hydrogen (secondary N) is 2. The molecule has 0 saturated carbocycles. The van der Waals surface area contributed by atoms with Gasteiger partial charge in [-0.05, 0) is 62.2 Å². The SMILES string of the molecule is CCc1c(-c2ccc(OC)c(OC)c2)[nH]c2ccc(C(=O)NC[C@@H](F)C(C)(C)O)cc12. The molecule has 166 valence electrons. The van der Waals surface area contributed by atoms with Gasteiger partial charge >= 0.3 is 0 Å². The van der Waals surface area contributed by atoms with E-state index < -0.39 is 11.8 Å². The van der Waals surface area contributed by atoms with Crippen LogP contribution in [0.15, 0.2) is 36.4 Å². The highest BCUT2D eigenvalue weighted by atomic mass is 19.1. The van der Waals surface area contributed by atoms with Gasteiger partial charge in [0.15, 0.2) is 11.5 Å². The maximum atomic E-state index is 14.0. The Morgan fingerprint density at radius 1 is 1.16 bits per heavy atom. The van der Waals surface area contributed by atoms with E-state index in [1.807, 2.05) is 30.3 Å². The zero-order chi connectivity index (χ0) is 22.8. The van der Waals surface area contributed by atoms with E-state index in [0.29, 0.717) is 17.1 Å². The van der Waals surface area contributed by atoms with Crippen molar-refractivity contribution < 1.29 is 23.8 Å². The largest absolute Gasteiger partial charge is 0.493 e. The van der Waals surface area contributed by atoms with Crippen LogP contribution >= 0.6 is 0 Å². The minimum atomic E-state index is -1.56. The van der Waals surface area contributed by atoms with Crippen LogP contribution in [-0.4, -0.2) is 48.5 Å². The Morgan fingerprint density at radius 2 is 1.87 bits per heavy atom. The summed E-state index contributed by atoms with van der Waals surface area (Å²) in [6.45, 7) is 4.54. The van der Waals surface area contributed by atoms with Crippen molar-refractivity contribution >= 4 is 16.8 Å². The van der Waals surface area contributed by atoms with Crippen LogP contribution in [0.3, 0.4) is 0 Å². The highest BCUT2D eigenvalue weighted by Gasteiger charge is 2.27. The lowest BCUT2D eigenvalue weighted by atomic mass is 10.0. The number of rotatable bonds is 8. The van der Waals surface area contributed by atoms with E-state index in [2.05, 4.69) is 17.2 Å². The van der Waals surface area contributed by atoms with Crippen LogP contribution < -0.4 is 14.8 Å². The number of aromatic nitrogens is 1. The summed E-state index contributed by atoms with van der Waals surface area (Å²) in [6.07, 6.45) is -0.810. The first-order valence-electron chi connectivity index (χ1n) is 10.2. The topological polar surface area (TPSA) is 83.6 Å². The smallest absolute Gasteiger partial charge is 0.251 e. The van der Waals surface area contributed by atoms with Crippen LogP contribution in [0.5, 0.6) is 11.5 Å². The standard InChI is InChI=1S/C24H29FN2O4/c1-6-16-17-11-15(23(28)26-13-21(25)24(2,3)29)7-9-18(17)27-22(16)14-8-10-19(30-4)20(12-14)31-5/h7-12,21,27,29H,6,13H2,1-5H3,(H,26,28)/t21-/m1/s1. The van der Waals surface area contributed by atoms with E-state index in [0.717, 1.165) is 34.1 Å². The van der Waals surface area contributed by atoms with Crippen LogP contribution in [0, 0.1) is 0 Å². The highest BCUT2D eigenvalue weighted by Crippen LogP contribution is 2.36. The van der Waals surface area contributed by atoms with Crippen LogP contribution in [0.25, 0.3) is 22.2 Å². The Hall–Kier alpha value is -3.06. The number of methoxy groups -OCH3 is 2. The van der Waals surface area contributed by atoms with Gasteiger partial charge in [0, 0.05) is 27.7 Å². The molecule has 0 saturated heterocycles. The lowest BCUT2D eigenvalue weighted by molar-refractivity contribution is -0.00177. The quantitative estimate of drug-likeness (QED) is 0.501. The number of H-pyrrole nitrogens is 1. The molecule has 0 aliphatic carbocycles. The predicted octanol–water partition coefficient (Wildman–Crippen LogP) is 4.25. The number of aliphatic hydroxyl groups is 1. The van der Waals surface area contributed by atoms with Crippen LogP contribution in [0.2, 0.25) is 0 Å². The van der Waals surface area contributed by atoms with Crippen molar-refractivity contribution in [2.75, 3.05) is 20.8 Å². The lowest BCUT2D eigenvalue weighted by Gasteiger charge is -2.22. The maximum Gasteiger partial charge on any atom is 0.251 e. The Balaban J connectivity index is 1.95. The summed E-state index contributed by atoms with van der Waals surface area (Å²) >= 11 is 0. The van der Waals surface area contributed by atoms with Crippen molar-refractivity contribution in [3.8, 4) is 22.8 Å². The van der Waals surface area contributed by atoms with Crippen molar-refractivity contribution in [1.29, 1.82) is 0 Å². The van der Waals surface area contributed by atoms with Gasteiger partial charge in [0.2, 0.25) is 0 Å². The number of amides is 1. The molecule has 0 spiro atoms. The first kappa shape index (κ1) is 22.6. The van der Waals surface area contributed by atoms with Gasteiger partial charge in [-0.15, -0.1) is 0 Å². The van der Waals surface area contributed by atoms with Crippen molar-refractivity contribution in [3.05, 3.63) is 47.5 Å². The summed E-state index contributed by atoms with van der Waals surface area (Å²) < 4.78 is 24.7. The molecule has 0 unspecified atom stereocenters. The zero-order valence-electron chi connectivity index (χ0n) is 18.5. The molecule has 2 aromatic carbocycles. The van der Waals surface area contributed by atoms with Gasteiger partial charge in [0.05, 0.1) is 26.4 Å². The van der Waals surface area contributed by atoms with Crippen molar-refractivity contribution in [3.63, 3.8) is 0 Å². The Bertz CT molecular complexity index is 1090. The van der Waals surface area contributed by atoms with E-state index in [-0.39, 0.29) is 12.5 Å². The summed E-state index contributed by atoms with van der Waals surface area (Å²) in [5.74, 6) is 0.898. The molecule has 0 fully saturated rings. The first-order valence-corrected chi connectivity index (χ1v) is 10.2. The number of carbonyl (C=O) groups is 1. The summed E-state index contributed by atoms with van der Waals surface area (Å²) in [5, 5.41) is 13.2. The fraction of sp³-hybridized carbons (Fsp3) is 0.375. The average Bonchev–Trinajstić information content (AvgIpc) is 3.13. The molecule has 3 rings (SSSR count). The molecule has 0 radical (unpaired) electrons. The molecule has 6 nitrogen and oxygen atoms in total. The fourth-order valence-electron chi connectivity index (χ4n) is 3.53. The second-order valence-corrected chi connectivity index (χ2v) is 7.99. The predicted molar refractivity (Wildman–Crippen MR) is 120 cm³/mol. The third-order valence-electron chi connectivity index (χ3n) is 5.40.